The Morgan fingerprint density at radius 2 is 1.96 bits per heavy atom. The molecule has 0 bridgehead atoms. The minimum absolute atomic E-state index is 0.0679. The molecule has 0 saturated heterocycles. The molecule has 0 amide bonds. The third kappa shape index (κ3) is 3.16. The van der Waals surface area contributed by atoms with Crippen LogP contribution in [0.3, 0.4) is 0 Å². The molecular weight excluding hydrogens is 333 g/mol. The third-order valence-electron chi connectivity index (χ3n) is 3.44. The fourth-order valence-corrected chi connectivity index (χ4v) is 3.16. The molecule has 126 valence electrons. The smallest absolute Gasteiger partial charge is 0.266 e. The number of anilines is 1. The van der Waals surface area contributed by atoms with Gasteiger partial charge in [0.15, 0.2) is 5.82 Å². The van der Waals surface area contributed by atoms with E-state index in [9.17, 15) is 12.8 Å². The van der Waals surface area contributed by atoms with Crippen LogP contribution < -0.4 is 4.72 Å². The summed E-state index contributed by atoms with van der Waals surface area (Å²) in [4.78, 5) is 0.0679. The fraction of sp³-hybridized carbons (Fsp3) is 0.200. The van der Waals surface area contributed by atoms with E-state index in [1.165, 1.54) is 33.9 Å². The number of benzene rings is 1. The number of aryl methyl sites for hydroxylation is 2. The zero-order chi connectivity index (χ0) is 17.3. The first-order chi connectivity index (χ1) is 11.4. The maximum atomic E-state index is 13.0. The highest BCUT2D eigenvalue weighted by molar-refractivity contribution is 7.92. The van der Waals surface area contributed by atoms with Crippen molar-refractivity contribution in [3.8, 4) is 5.69 Å². The fourth-order valence-electron chi connectivity index (χ4n) is 2.22. The quantitative estimate of drug-likeness (QED) is 0.766. The van der Waals surface area contributed by atoms with Crippen LogP contribution in [0, 0.1) is 12.7 Å². The summed E-state index contributed by atoms with van der Waals surface area (Å²) in [6.07, 6.45) is 2.74. The Balaban J connectivity index is 1.88. The van der Waals surface area contributed by atoms with Crippen molar-refractivity contribution in [2.24, 2.45) is 0 Å². The van der Waals surface area contributed by atoms with Crippen LogP contribution in [0.1, 0.15) is 12.6 Å². The van der Waals surface area contributed by atoms with Crippen molar-refractivity contribution < 1.29 is 12.8 Å². The van der Waals surface area contributed by atoms with Crippen molar-refractivity contribution >= 4 is 15.8 Å². The zero-order valence-electron chi connectivity index (χ0n) is 13.1. The monoisotopic (exact) mass is 349 g/mol. The van der Waals surface area contributed by atoms with Gasteiger partial charge in [0.05, 0.1) is 11.9 Å². The maximum Gasteiger partial charge on any atom is 0.266 e. The van der Waals surface area contributed by atoms with Crippen LogP contribution in [0.2, 0.25) is 0 Å². The van der Waals surface area contributed by atoms with Gasteiger partial charge in [-0.15, -0.1) is 5.10 Å². The second-order valence-electron chi connectivity index (χ2n) is 5.20. The Morgan fingerprint density at radius 1 is 1.25 bits per heavy atom. The number of sulfonamides is 1. The van der Waals surface area contributed by atoms with Gasteiger partial charge in [-0.2, -0.15) is 5.10 Å². The summed E-state index contributed by atoms with van der Waals surface area (Å²) in [5, 5.41) is 8.18. The van der Waals surface area contributed by atoms with Gasteiger partial charge in [0, 0.05) is 24.5 Å². The van der Waals surface area contributed by atoms with Crippen molar-refractivity contribution in [2.45, 2.75) is 25.3 Å². The van der Waals surface area contributed by atoms with E-state index in [-0.39, 0.29) is 16.5 Å². The highest BCUT2D eigenvalue weighted by atomic mass is 32.2. The Labute approximate surface area is 138 Å². The van der Waals surface area contributed by atoms with E-state index < -0.39 is 10.0 Å². The van der Waals surface area contributed by atoms with Crippen LogP contribution in [0.4, 0.5) is 10.2 Å². The van der Waals surface area contributed by atoms with Gasteiger partial charge in [-0.05, 0) is 38.1 Å². The predicted octanol–water partition coefficient (Wildman–Crippen LogP) is 2.34. The minimum Gasteiger partial charge on any atom is -0.272 e. The molecule has 0 fully saturated rings. The van der Waals surface area contributed by atoms with E-state index in [1.54, 1.807) is 25.1 Å². The average Bonchev–Trinajstić information content (AvgIpc) is 3.15. The van der Waals surface area contributed by atoms with Crippen LogP contribution in [-0.2, 0) is 16.6 Å². The van der Waals surface area contributed by atoms with Crippen molar-refractivity contribution in [1.82, 2.24) is 19.6 Å². The molecule has 0 aliphatic carbocycles. The molecule has 9 heteroatoms. The molecule has 1 N–H and O–H groups in total. The van der Waals surface area contributed by atoms with Crippen LogP contribution in [0.15, 0.2) is 47.6 Å². The molecule has 1 aromatic carbocycles. The van der Waals surface area contributed by atoms with E-state index in [0.717, 1.165) is 0 Å². The minimum atomic E-state index is -3.76. The van der Waals surface area contributed by atoms with Crippen molar-refractivity contribution in [3.05, 3.63) is 54.2 Å². The first kappa shape index (κ1) is 16.2. The number of nitrogens with one attached hydrogen (secondary N) is 1. The van der Waals surface area contributed by atoms with E-state index >= 15 is 0 Å². The average molecular weight is 349 g/mol. The summed E-state index contributed by atoms with van der Waals surface area (Å²) in [5.41, 5.74) is 1.35. The molecule has 0 saturated carbocycles. The van der Waals surface area contributed by atoms with Crippen LogP contribution in [0.5, 0.6) is 0 Å². The van der Waals surface area contributed by atoms with E-state index in [2.05, 4.69) is 14.9 Å². The second-order valence-corrected chi connectivity index (χ2v) is 6.88. The summed E-state index contributed by atoms with van der Waals surface area (Å²) < 4.78 is 43.2. The number of rotatable bonds is 5. The van der Waals surface area contributed by atoms with Gasteiger partial charge in [0.25, 0.3) is 10.0 Å². The zero-order valence-corrected chi connectivity index (χ0v) is 14.0. The SMILES string of the molecule is CCn1cc(S(=O)(=O)Nc2cc(C)n(-c3ccc(F)cc3)n2)cn1. The Kier molecular flexibility index (Phi) is 4.10. The van der Waals surface area contributed by atoms with E-state index in [0.29, 0.717) is 17.9 Å². The molecule has 0 spiro atoms. The summed E-state index contributed by atoms with van der Waals surface area (Å²) in [6.45, 7) is 4.22. The van der Waals surface area contributed by atoms with Gasteiger partial charge >= 0.3 is 0 Å². The largest absolute Gasteiger partial charge is 0.272 e. The number of nitrogens with zero attached hydrogens (tertiary/aromatic N) is 4. The molecule has 3 rings (SSSR count). The molecule has 0 unspecified atom stereocenters. The van der Waals surface area contributed by atoms with Crippen LogP contribution in [-0.4, -0.2) is 28.0 Å². The highest BCUT2D eigenvalue weighted by Gasteiger charge is 2.18. The lowest BCUT2D eigenvalue weighted by atomic mass is 10.3. The number of halogens is 1. The lowest BCUT2D eigenvalue weighted by Gasteiger charge is -2.04. The molecule has 0 radical (unpaired) electrons. The Bertz CT molecular complexity index is 960. The lowest BCUT2D eigenvalue weighted by molar-refractivity contribution is 0.600. The topological polar surface area (TPSA) is 81.8 Å². The summed E-state index contributed by atoms with van der Waals surface area (Å²) >= 11 is 0. The first-order valence-electron chi connectivity index (χ1n) is 7.27. The van der Waals surface area contributed by atoms with Crippen LogP contribution in [0.25, 0.3) is 5.69 Å². The summed E-state index contributed by atoms with van der Waals surface area (Å²) in [5.74, 6) is -0.168. The molecule has 2 aromatic heterocycles. The van der Waals surface area contributed by atoms with Crippen molar-refractivity contribution in [3.63, 3.8) is 0 Å². The molecule has 2 heterocycles. The first-order valence-corrected chi connectivity index (χ1v) is 8.75. The highest BCUT2D eigenvalue weighted by Crippen LogP contribution is 2.18. The number of aromatic nitrogens is 4. The van der Waals surface area contributed by atoms with Crippen molar-refractivity contribution in [1.29, 1.82) is 0 Å². The molecule has 3 aromatic rings. The van der Waals surface area contributed by atoms with Gasteiger partial charge in [-0.3, -0.25) is 9.40 Å². The van der Waals surface area contributed by atoms with E-state index in [4.69, 9.17) is 0 Å². The van der Waals surface area contributed by atoms with Gasteiger partial charge in [0.2, 0.25) is 0 Å². The molecule has 0 aliphatic heterocycles. The molecule has 7 nitrogen and oxygen atoms in total. The molecule has 24 heavy (non-hydrogen) atoms. The standard InChI is InChI=1S/C15H16FN5O2S/c1-3-20-10-14(9-17-20)24(22,23)19-15-8-11(2)21(18-15)13-6-4-12(16)5-7-13/h4-10H,3H2,1-2H3,(H,18,19). The van der Waals surface area contributed by atoms with Crippen LogP contribution >= 0.6 is 0 Å². The number of hydrogen-bond acceptors (Lipinski definition) is 4. The summed E-state index contributed by atoms with van der Waals surface area (Å²) in [6, 6.07) is 7.38. The van der Waals surface area contributed by atoms with Gasteiger partial charge in [-0.1, -0.05) is 0 Å². The Hall–Kier alpha value is -2.68. The van der Waals surface area contributed by atoms with E-state index in [1.807, 2.05) is 6.92 Å². The summed E-state index contributed by atoms with van der Waals surface area (Å²) in [7, 11) is -3.76. The molecule has 0 aliphatic rings. The Morgan fingerprint density at radius 3 is 2.58 bits per heavy atom. The van der Waals surface area contributed by atoms with Gasteiger partial charge in [-0.25, -0.2) is 17.5 Å². The van der Waals surface area contributed by atoms with Crippen molar-refractivity contribution in [2.75, 3.05) is 4.72 Å². The lowest BCUT2D eigenvalue weighted by Crippen LogP contribution is -2.13. The second kappa shape index (κ2) is 6.08. The molecule has 0 atom stereocenters. The third-order valence-corrected chi connectivity index (χ3v) is 4.75. The van der Waals surface area contributed by atoms with Gasteiger partial charge < -0.3 is 0 Å². The van der Waals surface area contributed by atoms with Gasteiger partial charge in [0.1, 0.15) is 10.7 Å². The predicted molar refractivity (Wildman–Crippen MR) is 87.0 cm³/mol. The molecular formula is C15H16FN5O2S. The maximum absolute atomic E-state index is 13.0. The number of hydrogen-bond donors (Lipinski definition) is 1. The normalized spacial score (nSPS) is 11.6.